The van der Waals surface area contributed by atoms with E-state index in [1.54, 1.807) is 25.1 Å². The van der Waals surface area contributed by atoms with Gasteiger partial charge in [0.2, 0.25) is 0 Å². The van der Waals surface area contributed by atoms with Gasteiger partial charge in [0.15, 0.2) is 21.3 Å². The second-order valence-electron chi connectivity index (χ2n) is 8.92. The molecular formula is C26H28F2N6O3S. The summed E-state index contributed by atoms with van der Waals surface area (Å²) >= 11 is 0. The van der Waals surface area contributed by atoms with Crippen LogP contribution >= 0.6 is 0 Å². The van der Waals surface area contributed by atoms with Crippen LogP contribution in [0.2, 0.25) is 0 Å². The van der Waals surface area contributed by atoms with Gasteiger partial charge in [0, 0.05) is 18.7 Å². The Morgan fingerprint density at radius 3 is 2.45 bits per heavy atom. The lowest BCUT2D eigenvalue weighted by Crippen LogP contribution is -2.21. The van der Waals surface area contributed by atoms with Crippen molar-refractivity contribution in [2.24, 2.45) is 0 Å². The fraction of sp³-hybridized carbons (Fsp3) is 0.308. The van der Waals surface area contributed by atoms with Crippen molar-refractivity contribution < 1.29 is 21.6 Å². The second kappa shape index (κ2) is 11.3. The molecule has 0 fully saturated rings. The van der Waals surface area contributed by atoms with Crippen molar-refractivity contribution in [3.8, 4) is 34.3 Å². The van der Waals surface area contributed by atoms with E-state index >= 15 is 0 Å². The first-order valence-corrected chi connectivity index (χ1v) is 13.6. The van der Waals surface area contributed by atoms with E-state index < -0.39 is 27.1 Å². The number of benzene rings is 2. The topological polar surface area (TPSA) is 137 Å². The molecule has 0 amide bonds. The summed E-state index contributed by atoms with van der Waals surface area (Å²) in [7, 11) is -3.42. The van der Waals surface area contributed by atoms with Crippen LogP contribution in [0.15, 0.2) is 58.0 Å². The molecule has 0 aliphatic carbocycles. The third-order valence-corrected chi connectivity index (χ3v) is 8.35. The van der Waals surface area contributed by atoms with Crippen LogP contribution < -0.4 is 11.1 Å². The minimum atomic E-state index is -3.42. The van der Waals surface area contributed by atoms with E-state index in [0.29, 0.717) is 29.8 Å². The molecule has 4 rings (SSSR count). The van der Waals surface area contributed by atoms with Gasteiger partial charge in [-0.05, 0) is 50.1 Å². The van der Waals surface area contributed by atoms with Crippen LogP contribution in [0.1, 0.15) is 32.8 Å². The number of anilines is 1. The number of alkyl halides is 1. The molecule has 1 unspecified atom stereocenters. The van der Waals surface area contributed by atoms with E-state index in [2.05, 4.69) is 25.5 Å². The van der Waals surface area contributed by atoms with Gasteiger partial charge in [-0.1, -0.05) is 25.1 Å². The summed E-state index contributed by atoms with van der Waals surface area (Å²) in [5.41, 5.74) is 7.86. The van der Waals surface area contributed by atoms with Gasteiger partial charge in [0.1, 0.15) is 12.0 Å². The molecule has 38 heavy (non-hydrogen) atoms. The molecule has 200 valence electrons. The Balaban J connectivity index is 1.58. The smallest absolute Gasteiger partial charge is 0.270 e. The van der Waals surface area contributed by atoms with Crippen molar-refractivity contribution in [1.29, 1.82) is 0 Å². The quantitative estimate of drug-likeness (QED) is 0.294. The average molecular weight is 543 g/mol. The van der Waals surface area contributed by atoms with Crippen LogP contribution in [0.4, 0.5) is 14.6 Å². The monoisotopic (exact) mass is 542 g/mol. The molecule has 3 N–H and O–H groups in total. The highest BCUT2D eigenvalue weighted by molar-refractivity contribution is 7.92. The Morgan fingerprint density at radius 1 is 1.08 bits per heavy atom. The molecule has 12 heteroatoms. The van der Waals surface area contributed by atoms with E-state index in [9.17, 15) is 17.2 Å². The molecule has 2 aromatic heterocycles. The van der Waals surface area contributed by atoms with Gasteiger partial charge in [-0.15, -0.1) is 10.2 Å². The number of sulfone groups is 1. The summed E-state index contributed by atoms with van der Waals surface area (Å²) in [6, 6.07) is 10.8. The van der Waals surface area contributed by atoms with Crippen LogP contribution in [0.3, 0.4) is 0 Å². The largest absolute Gasteiger partial charge is 0.414 e. The standard InChI is InChI=1S/C26H28F2N6O3S/c1-4-16(3)38(35,36)19-8-6-18(7-9-19)22-14-31-24(29)23(32-22)26-34-33-25(37-26)20-10-5-17(11-21(20)28)13-30-12-15(2)27/h5-11,14-16,30H,4,12-13H2,1-3H3,(H2,29,31)/t15-,16?/m1/s1. The molecule has 2 heterocycles. The van der Waals surface area contributed by atoms with Gasteiger partial charge in [-0.2, -0.15) is 0 Å². The highest BCUT2D eigenvalue weighted by atomic mass is 32.2. The molecule has 0 saturated carbocycles. The maximum atomic E-state index is 14.8. The van der Waals surface area contributed by atoms with Crippen LogP contribution in [-0.2, 0) is 16.4 Å². The van der Waals surface area contributed by atoms with Crippen molar-refractivity contribution >= 4 is 15.7 Å². The third-order valence-electron chi connectivity index (χ3n) is 6.03. The summed E-state index contributed by atoms with van der Waals surface area (Å²) in [5, 5.41) is 10.3. The fourth-order valence-corrected chi connectivity index (χ4v) is 5.07. The molecular weight excluding hydrogens is 514 g/mol. The third kappa shape index (κ3) is 5.86. The molecule has 0 aliphatic rings. The average Bonchev–Trinajstić information content (AvgIpc) is 3.38. The van der Waals surface area contributed by atoms with Crippen LogP contribution in [0.25, 0.3) is 34.3 Å². The number of aromatic nitrogens is 4. The normalized spacial score (nSPS) is 13.4. The highest BCUT2D eigenvalue weighted by Gasteiger charge is 2.22. The van der Waals surface area contributed by atoms with Gasteiger partial charge in [-0.3, -0.25) is 0 Å². The summed E-state index contributed by atoms with van der Waals surface area (Å²) in [6.07, 6.45) is 0.952. The van der Waals surface area contributed by atoms with E-state index in [4.69, 9.17) is 10.2 Å². The molecule has 0 spiro atoms. The summed E-state index contributed by atoms with van der Waals surface area (Å²) in [4.78, 5) is 8.86. The first kappa shape index (κ1) is 27.3. The lowest BCUT2D eigenvalue weighted by atomic mass is 10.1. The number of hydrogen-bond acceptors (Lipinski definition) is 9. The number of halogens is 2. The molecule has 0 radical (unpaired) electrons. The number of rotatable bonds is 10. The van der Waals surface area contributed by atoms with Crippen molar-refractivity contribution in [3.63, 3.8) is 0 Å². The van der Waals surface area contributed by atoms with Crippen LogP contribution in [0.5, 0.6) is 0 Å². The predicted molar refractivity (Wildman–Crippen MR) is 140 cm³/mol. The van der Waals surface area contributed by atoms with Gasteiger partial charge < -0.3 is 15.5 Å². The van der Waals surface area contributed by atoms with Crippen LogP contribution in [-0.4, -0.2) is 46.5 Å². The molecule has 2 aromatic carbocycles. The summed E-state index contributed by atoms with van der Waals surface area (Å²) in [5.74, 6) is -0.664. The van der Waals surface area contributed by atoms with Crippen molar-refractivity contribution in [3.05, 3.63) is 60.0 Å². The van der Waals surface area contributed by atoms with Gasteiger partial charge >= 0.3 is 0 Å². The maximum Gasteiger partial charge on any atom is 0.270 e. The summed E-state index contributed by atoms with van der Waals surface area (Å²) < 4.78 is 58.6. The summed E-state index contributed by atoms with van der Waals surface area (Å²) in [6.45, 7) is 5.41. The van der Waals surface area contributed by atoms with E-state index in [1.807, 2.05) is 6.92 Å². The lowest BCUT2D eigenvalue weighted by Gasteiger charge is -2.11. The number of nitrogen functional groups attached to an aromatic ring is 1. The minimum absolute atomic E-state index is 0.0314. The first-order valence-electron chi connectivity index (χ1n) is 12.0. The number of nitrogens with zero attached hydrogens (tertiary/aromatic N) is 4. The molecule has 4 aromatic rings. The highest BCUT2D eigenvalue weighted by Crippen LogP contribution is 2.30. The van der Waals surface area contributed by atoms with Gasteiger partial charge in [0.25, 0.3) is 11.8 Å². The second-order valence-corrected chi connectivity index (χ2v) is 11.3. The number of nitrogens with two attached hydrogens (primary N) is 1. The number of nitrogens with one attached hydrogen (secondary N) is 1. The Kier molecular flexibility index (Phi) is 8.12. The predicted octanol–water partition coefficient (Wildman–Crippen LogP) is 4.60. The zero-order chi connectivity index (χ0) is 27.4. The number of hydrogen-bond donors (Lipinski definition) is 2. The van der Waals surface area contributed by atoms with Crippen molar-refractivity contribution in [1.82, 2.24) is 25.5 Å². The van der Waals surface area contributed by atoms with Gasteiger partial charge in [-0.25, -0.2) is 27.2 Å². The molecule has 9 nitrogen and oxygen atoms in total. The Bertz CT molecular complexity index is 1520. The fourth-order valence-electron chi connectivity index (χ4n) is 3.65. The van der Waals surface area contributed by atoms with E-state index in [1.165, 1.54) is 37.4 Å². The Morgan fingerprint density at radius 2 is 1.79 bits per heavy atom. The van der Waals surface area contributed by atoms with Gasteiger partial charge in [0.05, 0.1) is 27.6 Å². The first-order chi connectivity index (χ1) is 18.1. The Labute approximate surface area is 219 Å². The Hall–Kier alpha value is -3.77. The van der Waals surface area contributed by atoms with Crippen molar-refractivity contribution in [2.45, 2.75) is 50.1 Å². The zero-order valence-electron chi connectivity index (χ0n) is 21.1. The molecule has 0 aliphatic heterocycles. The zero-order valence-corrected chi connectivity index (χ0v) is 22.0. The van der Waals surface area contributed by atoms with Crippen LogP contribution in [0, 0.1) is 5.82 Å². The molecule has 2 atom stereocenters. The van der Waals surface area contributed by atoms with E-state index in [-0.39, 0.29) is 40.3 Å². The SMILES string of the molecule is CCC(C)S(=O)(=O)c1ccc(-c2cnc(N)c(-c3nnc(-c4ccc(CNC[C@@H](C)F)cc4F)o3)n2)cc1. The lowest BCUT2D eigenvalue weighted by molar-refractivity contribution is 0.344. The minimum Gasteiger partial charge on any atom is -0.414 e. The maximum absolute atomic E-state index is 14.8. The molecule has 0 saturated heterocycles. The van der Waals surface area contributed by atoms with Crippen molar-refractivity contribution in [2.75, 3.05) is 12.3 Å². The molecule has 0 bridgehead atoms. The van der Waals surface area contributed by atoms with E-state index in [0.717, 1.165) is 0 Å².